The minimum Gasteiger partial charge on any atom is -0.507 e. The van der Waals surface area contributed by atoms with Crippen LogP contribution in [0.25, 0.3) is 26.9 Å². The molecular formula is C21H15N3O3S2. The first-order valence-corrected chi connectivity index (χ1v) is 9.83. The average molecular weight is 422 g/mol. The third-order valence-electron chi connectivity index (χ3n) is 3.96. The second-order valence-electron chi connectivity index (χ2n) is 6.01. The van der Waals surface area contributed by atoms with Crippen LogP contribution < -0.4 is 10.6 Å². The summed E-state index contributed by atoms with van der Waals surface area (Å²) >= 11 is 6.68. The van der Waals surface area contributed by atoms with Gasteiger partial charge >= 0.3 is 0 Å². The lowest BCUT2D eigenvalue weighted by Crippen LogP contribution is -2.32. The van der Waals surface area contributed by atoms with Gasteiger partial charge in [-0.05, 0) is 60.8 Å². The third-order valence-corrected chi connectivity index (χ3v) is 5.23. The molecule has 2 aromatic carbocycles. The fraction of sp³-hybridized carbons (Fsp3) is 0. The number of phenolic OH excluding ortho intramolecular Hbond substituents is 1. The molecule has 0 radical (unpaired) electrons. The number of para-hydroxylation sites is 1. The summed E-state index contributed by atoms with van der Waals surface area (Å²) < 4.78 is 6.16. The Labute approximate surface area is 175 Å². The number of hydrogen-bond acceptors (Lipinski definition) is 6. The molecule has 0 fully saturated rings. The van der Waals surface area contributed by atoms with Crippen molar-refractivity contribution in [2.24, 2.45) is 0 Å². The molecule has 0 aliphatic carbocycles. The topological polar surface area (TPSA) is 87.4 Å². The molecule has 2 heterocycles. The Hall–Kier alpha value is -3.49. The van der Waals surface area contributed by atoms with E-state index in [0.717, 1.165) is 10.2 Å². The van der Waals surface area contributed by atoms with Crippen LogP contribution in [0.5, 0.6) is 5.75 Å². The Balaban J connectivity index is 1.47. The highest BCUT2D eigenvalue weighted by Gasteiger charge is 2.12. The number of carbonyl (C=O) groups is 1. The van der Waals surface area contributed by atoms with E-state index in [-0.39, 0.29) is 16.8 Å². The van der Waals surface area contributed by atoms with Crippen LogP contribution in [-0.4, -0.2) is 21.1 Å². The zero-order valence-electron chi connectivity index (χ0n) is 15.0. The average Bonchev–Trinajstić information content (AvgIpc) is 3.37. The quantitative estimate of drug-likeness (QED) is 0.250. The first-order chi connectivity index (χ1) is 14.1. The van der Waals surface area contributed by atoms with E-state index in [0.29, 0.717) is 22.0 Å². The zero-order chi connectivity index (χ0) is 20.2. The summed E-state index contributed by atoms with van der Waals surface area (Å²) in [6.07, 6.45) is 4.40. The molecule has 6 nitrogen and oxygen atoms in total. The van der Waals surface area contributed by atoms with Crippen molar-refractivity contribution in [1.29, 1.82) is 0 Å². The van der Waals surface area contributed by atoms with Gasteiger partial charge in [-0.2, -0.15) is 0 Å². The first kappa shape index (κ1) is 18.9. The maximum Gasteiger partial charge on any atom is 0.250 e. The van der Waals surface area contributed by atoms with Gasteiger partial charge in [0.2, 0.25) is 5.91 Å². The minimum atomic E-state index is -0.385. The lowest BCUT2D eigenvalue weighted by molar-refractivity contribution is -0.115. The minimum absolute atomic E-state index is 0.117. The predicted octanol–water partition coefficient (Wildman–Crippen LogP) is 4.79. The van der Waals surface area contributed by atoms with E-state index in [1.807, 2.05) is 24.3 Å². The summed E-state index contributed by atoms with van der Waals surface area (Å²) in [5.74, 6) is 0.299. The number of thiocarbonyl (C=S) groups is 1. The predicted molar refractivity (Wildman–Crippen MR) is 119 cm³/mol. The zero-order valence-corrected chi connectivity index (χ0v) is 16.6. The molecule has 29 heavy (non-hydrogen) atoms. The Morgan fingerprint density at radius 3 is 2.83 bits per heavy atom. The molecule has 0 atom stereocenters. The number of nitrogens with one attached hydrogen (secondary N) is 2. The van der Waals surface area contributed by atoms with Crippen LogP contribution in [0.4, 0.5) is 5.69 Å². The van der Waals surface area contributed by atoms with Gasteiger partial charge in [0, 0.05) is 11.8 Å². The number of rotatable bonds is 4. The molecule has 4 aromatic rings. The Kier molecular flexibility index (Phi) is 5.37. The number of aromatic nitrogens is 1. The molecule has 0 unspecified atom stereocenters. The molecule has 8 heteroatoms. The molecule has 1 amide bonds. The first-order valence-electron chi connectivity index (χ1n) is 8.61. The second-order valence-corrected chi connectivity index (χ2v) is 7.45. The summed E-state index contributed by atoms with van der Waals surface area (Å²) in [4.78, 5) is 16.5. The van der Waals surface area contributed by atoms with Gasteiger partial charge in [0.1, 0.15) is 16.5 Å². The molecule has 3 N–H and O–H groups in total. The highest BCUT2D eigenvalue weighted by molar-refractivity contribution is 7.80. The Morgan fingerprint density at radius 1 is 1.17 bits per heavy atom. The number of nitrogens with zero attached hydrogens (tertiary/aromatic N) is 1. The number of amides is 1. The van der Waals surface area contributed by atoms with Crippen molar-refractivity contribution >= 4 is 56.6 Å². The van der Waals surface area contributed by atoms with Gasteiger partial charge in [-0.3, -0.25) is 10.1 Å². The molecule has 0 aliphatic rings. The summed E-state index contributed by atoms with van der Waals surface area (Å²) in [6.45, 7) is 0. The van der Waals surface area contributed by atoms with Gasteiger partial charge in [-0.1, -0.05) is 12.1 Å². The van der Waals surface area contributed by atoms with Crippen molar-refractivity contribution < 1.29 is 14.3 Å². The summed E-state index contributed by atoms with van der Waals surface area (Å²) in [5.41, 5.74) is 2.08. The number of hydrogen-bond donors (Lipinski definition) is 3. The molecule has 2 aromatic heterocycles. The van der Waals surface area contributed by atoms with Crippen LogP contribution in [0.15, 0.2) is 71.4 Å². The lowest BCUT2D eigenvalue weighted by Gasteiger charge is -2.10. The van der Waals surface area contributed by atoms with E-state index >= 15 is 0 Å². The number of phenols is 1. The SMILES string of the molecule is O=C(/C=C\c1ccco1)NC(=S)Nc1ccc(O)c(-c2nc3ccccc3s2)c1. The van der Waals surface area contributed by atoms with Gasteiger partial charge < -0.3 is 14.8 Å². The van der Waals surface area contributed by atoms with Gasteiger partial charge in [0.15, 0.2) is 5.11 Å². The second kappa shape index (κ2) is 8.26. The molecule has 0 saturated heterocycles. The highest BCUT2D eigenvalue weighted by Crippen LogP contribution is 2.36. The largest absolute Gasteiger partial charge is 0.507 e. The van der Waals surface area contributed by atoms with E-state index in [1.165, 1.54) is 23.7 Å². The maximum absolute atomic E-state index is 12.0. The van der Waals surface area contributed by atoms with E-state index in [1.54, 1.807) is 36.4 Å². The summed E-state index contributed by atoms with van der Waals surface area (Å²) in [7, 11) is 0. The number of anilines is 1. The maximum atomic E-state index is 12.0. The highest BCUT2D eigenvalue weighted by atomic mass is 32.1. The number of thiazole rings is 1. The number of fused-ring (bicyclic) bond motifs is 1. The van der Waals surface area contributed by atoms with Gasteiger partial charge in [-0.15, -0.1) is 11.3 Å². The van der Waals surface area contributed by atoms with Crippen molar-refractivity contribution in [3.8, 4) is 16.3 Å². The van der Waals surface area contributed by atoms with Crippen molar-refractivity contribution in [3.63, 3.8) is 0 Å². The van der Waals surface area contributed by atoms with Crippen LogP contribution >= 0.6 is 23.6 Å². The Morgan fingerprint density at radius 2 is 2.03 bits per heavy atom. The molecule has 144 valence electrons. The van der Waals surface area contributed by atoms with Crippen LogP contribution in [0.2, 0.25) is 0 Å². The number of furan rings is 1. The fourth-order valence-corrected chi connectivity index (χ4v) is 3.84. The van der Waals surface area contributed by atoms with Gasteiger partial charge in [0.25, 0.3) is 0 Å². The Bertz CT molecular complexity index is 1180. The number of carbonyl (C=O) groups excluding carboxylic acids is 1. The summed E-state index contributed by atoms with van der Waals surface area (Å²) in [5, 5.41) is 16.6. The monoisotopic (exact) mass is 421 g/mol. The summed E-state index contributed by atoms with van der Waals surface area (Å²) in [6, 6.07) is 16.2. The van der Waals surface area contributed by atoms with E-state index in [9.17, 15) is 9.90 Å². The molecule has 0 bridgehead atoms. The molecule has 0 saturated carbocycles. The molecular weight excluding hydrogens is 406 g/mol. The van der Waals surface area contributed by atoms with E-state index in [4.69, 9.17) is 16.6 Å². The molecule has 0 aliphatic heterocycles. The van der Waals surface area contributed by atoms with Crippen LogP contribution in [-0.2, 0) is 4.79 Å². The molecule has 4 rings (SSSR count). The van der Waals surface area contributed by atoms with Crippen LogP contribution in [0.3, 0.4) is 0 Å². The van der Waals surface area contributed by atoms with Crippen LogP contribution in [0, 0.1) is 0 Å². The normalized spacial score (nSPS) is 11.0. The number of aromatic hydroxyl groups is 1. The van der Waals surface area contributed by atoms with Gasteiger partial charge in [-0.25, -0.2) is 4.98 Å². The smallest absolute Gasteiger partial charge is 0.250 e. The van der Waals surface area contributed by atoms with Crippen molar-refractivity contribution in [3.05, 3.63) is 72.7 Å². The van der Waals surface area contributed by atoms with E-state index < -0.39 is 0 Å². The number of benzene rings is 2. The lowest BCUT2D eigenvalue weighted by atomic mass is 10.2. The fourth-order valence-electron chi connectivity index (χ4n) is 2.63. The van der Waals surface area contributed by atoms with Gasteiger partial charge in [0.05, 0.1) is 22.0 Å². The third kappa shape index (κ3) is 4.50. The molecule has 0 spiro atoms. The van der Waals surface area contributed by atoms with E-state index in [2.05, 4.69) is 15.6 Å². The van der Waals surface area contributed by atoms with Crippen molar-refractivity contribution in [2.45, 2.75) is 0 Å². The van der Waals surface area contributed by atoms with Crippen molar-refractivity contribution in [2.75, 3.05) is 5.32 Å². The van der Waals surface area contributed by atoms with Crippen molar-refractivity contribution in [1.82, 2.24) is 10.3 Å². The standard InChI is InChI=1S/C21H15N3O3S2/c25-17-9-7-13(12-15(17)20-23-16-5-1-2-6-18(16)29-20)22-21(28)24-19(26)10-8-14-4-3-11-27-14/h1-12,25H,(H2,22,24,26,28)/b10-8-. The van der Waals surface area contributed by atoms with Crippen LogP contribution in [0.1, 0.15) is 5.76 Å².